The lowest BCUT2D eigenvalue weighted by molar-refractivity contribution is -0.121. The van der Waals surface area contributed by atoms with Gasteiger partial charge in [-0.2, -0.15) is 0 Å². The minimum Gasteiger partial charge on any atom is -0.339 e. The molecule has 0 aliphatic carbocycles. The predicted molar refractivity (Wildman–Crippen MR) is 119 cm³/mol. The Kier molecular flexibility index (Phi) is 6.44. The van der Waals surface area contributed by atoms with Gasteiger partial charge in [-0.3, -0.25) is 14.4 Å². The van der Waals surface area contributed by atoms with Gasteiger partial charge in [0.15, 0.2) is 0 Å². The number of benzene rings is 2. The van der Waals surface area contributed by atoms with E-state index in [0.29, 0.717) is 16.3 Å². The Hall–Kier alpha value is -2.31. The van der Waals surface area contributed by atoms with Crippen LogP contribution in [0.3, 0.4) is 0 Å². The maximum atomic E-state index is 13.1. The van der Waals surface area contributed by atoms with Crippen LogP contribution in [0.1, 0.15) is 42.5 Å². The van der Waals surface area contributed by atoms with Gasteiger partial charge in [0.1, 0.15) is 0 Å². The average molecular weight is 443 g/mol. The molecule has 2 aliphatic heterocycles. The second-order valence-electron chi connectivity index (χ2n) is 7.56. The van der Waals surface area contributed by atoms with Crippen molar-refractivity contribution >= 4 is 46.8 Å². The van der Waals surface area contributed by atoms with Gasteiger partial charge in [0, 0.05) is 29.4 Å². The van der Waals surface area contributed by atoms with Crippen LogP contribution in [0.4, 0.5) is 5.69 Å². The predicted octanol–water partition coefficient (Wildman–Crippen LogP) is 4.78. The summed E-state index contributed by atoms with van der Waals surface area (Å²) >= 11 is 7.22. The van der Waals surface area contributed by atoms with Gasteiger partial charge in [0.05, 0.1) is 16.5 Å². The van der Waals surface area contributed by atoms with Crippen LogP contribution in [0.25, 0.3) is 0 Å². The summed E-state index contributed by atoms with van der Waals surface area (Å²) in [5, 5.41) is -0.00372. The number of carbonyl (C=O) groups is 3. The van der Waals surface area contributed by atoms with Crippen molar-refractivity contribution in [3.63, 3.8) is 0 Å². The Morgan fingerprint density at radius 3 is 2.30 bits per heavy atom. The fourth-order valence-corrected chi connectivity index (χ4v) is 5.21. The molecule has 1 atom stereocenters. The topological polar surface area (TPSA) is 57.7 Å². The fourth-order valence-electron chi connectivity index (χ4n) is 3.90. The summed E-state index contributed by atoms with van der Waals surface area (Å²) in [4.78, 5) is 42.6. The van der Waals surface area contributed by atoms with Gasteiger partial charge in [-0.25, -0.2) is 4.90 Å². The van der Waals surface area contributed by atoms with Crippen molar-refractivity contribution in [3.05, 3.63) is 59.1 Å². The quantitative estimate of drug-likeness (QED) is 0.639. The van der Waals surface area contributed by atoms with Crippen LogP contribution in [0.15, 0.2) is 53.4 Å². The first-order valence-corrected chi connectivity index (χ1v) is 11.5. The van der Waals surface area contributed by atoms with Gasteiger partial charge in [0.25, 0.3) is 5.91 Å². The molecule has 3 amide bonds. The summed E-state index contributed by atoms with van der Waals surface area (Å²) in [6, 6.07) is 14.0. The highest BCUT2D eigenvalue weighted by molar-refractivity contribution is 8.00. The van der Waals surface area contributed by atoms with Crippen molar-refractivity contribution in [1.82, 2.24) is 4.90 Å². The highest BCUT2D eigenvalue weighted by atomic mass is 35.5. The number of anilines is 1. The summed E-state index contributed by atoms with van der Waals surface area (Å²) in [6.07, 6.45) is 4.45. The van der Waals surface area contributed by atoms with Crippen LogP contribution in [-0.2, 0) is 9.59 Å². The Labute approximate surface area is 185 Å². The SMILES string of the molecule is O=C(c1ccccc1S[C@H]1CC(=O)N(c2ccc(Cl)cc2)C1=O)N1CCCCCC1. The van der Waals surface area contributed by atoms with Gasteiger partial charge in [0.2, 0.25) is 11.8 Å². The Morgan fingerprint density at radius 1 is 0.933 bits per heavy atom. The highest BCUT2D eigenvalue weighted by Crippen LogP contribution is 2.36. The molecule has 30 heavy (non-hydrogen) atoms. The average Bonchev–Trinajstić information content (AvgIpc) is 2.93. The normalized spacial score (nSPS) is 19.8. The zero-order valence-electron chi connectivity index (χ0n) is 16.6. The minimum atomic E-state index is -0.550. The van der Waals surface area contributed by atoms with Crippen molar-refractivity contribution in [2.45, 2.75) is 42.2 Å². The Morgan fingerprint density at radius 2 is 1.60 bits per heavy atom. The molecule has 5 nitrogen and oxygen atoms in total. The monoisotopic (exact) mass is 442 g/mol. The molecule has 0 N–H and O–H groups in total. The maximum Gasteiger partial charge on any atom is 0.254 e. The molecule has 2 aromatic rings. The van der Waals surface area contributed by atoms with Crippen molar-refractivity contribution in [1.29, 1.82) is 0 Å². The van der Waals surface area contributed by atoms with Crippen LogP contribution in [-0.4, -0.2) is 41.0 Å². The lowest BCUT2D eigenvalue weighted by atomic mass is 10.2. The number of amides is 3. The summed E-state index contributed by atoms with van der Waals surface area (Å²) in [5.74, 6) is -0.494. The first-order valence-electron chi connectivity index (χ1n) is 10.2. The third-order valence-corrected chi connectivity index (χ3v) is 6.98. The van der Waals surface area contributed by atoms with Crippen LogP contribution >= 0.6 is 23.4 Å². The molecule has 2 fully saturated rings. The first-order chi connectivity index (χ1) is 14.5. The minimum absolute atomic E-state index is 0.00586. The zero-order valence-corrected chi connectivity index (χ0v) is 18.1. The van der Waals surface area contributed by atoms with E-state index in [0.717, 1.165) is 43.7 Å². The molecular formula is C23H23ClN2O3S. The Balaban J connectivity index is 1.53. The number of nitrogens with zero attached hydrogens (tertiary/aromatic N) is 2. The number of thioether (sulfide) groups is 1. The van der Waals surface area contributed by atoms with Crippen LogP contribution in [0.5, 0.6) is 0 Å². The zero-order chi connectivity index (χ0) is 21.1. The summed E-state index contributed by atoms with van der Waals surface area (Å²) in [5.41, 5.74) is 1.13. The number of likely N-dealkylation sites (tertiary alicyclic amines) is 1. The number of carbonyl (C=O) groups excluding carboxylic acids is 3. The summed E-state index contributed by atoms with van der Waals surface area (Å²) in [6.45, 7) is 1.53. The smallest absolute Gasteiger partial charge is 0.254 e. The van der Waals surface area contributed by atoms with E-state index >= 15 is 0 Å². The van der Waals surface area contributed by atoms with Crippen molar-refractivity contribution in [2.24, 2.45) is 0 Å². The van der Waals surface area contributed by atoms with E-state index in [1.165, 1.54) is 16.7 Å². The fraction of sp³-hybridized carbons (Fsp3) is 0.348. The second-order valence-corrected chi connectivity index (χ2v) is 9.24. The molecule has 2 aromatic carbocycles. The molecular weight excluding hydrogens is 420 g/mol. The molecule has 2 saturated heterocycles. The van der Waals surface area contributed by atoms with E-state index in [1.54, 1.807) is 24.3 Å². The number of hydrogen-bond acceptors (Lipinski definition) is 4. The molecule has 0 spiro atoms. The van der Waals surface area contributed by atoms with Crippen LogP contribution < -0.4 is 4.90 Å². The van der Waals surface area contributed by atoms with Crippen LogP contribution in [0.2, 0.25) is 5.02 Å². The molecule has 156 valence electrons. The molecule has 4 rings (SSSR count). The largest absolute Gasteiger partial charge is 0.339 e. The van der Waals surface area contributed by atoms with Crippen molar-refractivity contribution < 1.29 is 14.4 Å². The third kappa shape index (κ3) is 4.40. The van der Waals surface area contributed by atoms with Gasteiger partial charge in [-0.1, -0.05) is 36.6 Å². The molecule has 0 aromatic heterocycles. The lowest BCUT2D eigenvalue weighted by Crippen LogP contribution is -2.32. The summed E-state index contributed by atoms with van der Waals surface area (Å²) < 4.78 is 0. The molecule has 2 aliphatic rings. The van der Waals surface area contributed by atoms with Gasteiger partial charge >= 0.3 is 0 Å². The molecule has 7 heteroatoms. The van der Waals surface area contributed by atoms with Crippen molar-refractivity contribution in [2.75, 3.05) is 18.0 Å². The molecule has 0 unspecified atom stereocenters. The maximum absolute atomic E-state index is 13.1. The van der Waals surface area contributed by atoms with E-state index in [-0.39, 0.29) is 24.1 Å². The van der Waals surface area contributed by atoms with E-state index in [9.17, 15) is 14.4 Å². The second kappa shape index (κ2) is 9.23. The third-order valence-electron chi connectivity index (χ3n) is 5.47. The standard InChI is InChI=1S/C23H23ClN2O3S/c24-16-9-11-17(12-10-16)26-21(27)15-20(23(26)29)30-19-8-4-3-7-18(19)22(28)25-13-5-1-2-6-14-25/h3-4,7-12,20H,1-2,5-6,13-15H2/t20-/m0/s1. The lowest BCUT2D eigenvalue weighted by Gasteiger charge is -2.22. The van der Waals surface area contributed by atoms with E-state index in [1.807, 2.05) is 29.2 Å². The molecule has 2 heterocycles. The Bertz CT molecular complexity index is 955. The molecule has 0 bridgehead atoms. The van der Waals surface area contributed by atoms with Crippen LogP contribution in [0, 0.1) is 0 Å². The number of rotatable bonds is 4. The van der Waals surface area contributed by atoms with Crippen molar-refractivity contribution in [3.8, 4) is 0 Å². The van der Waals surface area contributed by atoms with Gasteiger partial charge in [-0.05, 0) is 49.2 Å². The number of hydrogen-bond donors (Lipinski definition) is 0. The van der Waals surface area contributed by atoms with Gasteiger partial charge in [-0.15, -0.1) is 11.8 Å². The number of halogens is 1. The van der Waals surface area contributed by atoms with E-state index in [2.05, 4.69) is 0 Å². The highest BCUT2D eigenvalue weighted by Gasteiger charge is 2.40. The van der Waals surface area contributed by atoms with E-state index in [4.69, 9.17) is 11.6 Å². The first kappa shape index (κ1) is 20.9. The van der Waals surface area contributed by atoms with E-state index < -0.39 is 5.25 Å². The van der Waals surface area contributed by atoms with Gasteiger partial charge < -0.3 is 4.90 Å². The molecule has 0 radical (unpaired) electrons. The number of imide groups is 1. The molecule has 0 saturated carbocycles. The summed E-state index contributed by atoms with van der Waals surface area (Å²) in [7, 11) is 0.